The minimum Gasteiger partial charge on any atom is -0.351 e. The summed E-state index contributed by atoms with van der Waals surface area (Å²) in [6, 6.07) is 9.67. The lowest BCUT2D eigenvalue weighted by Gasteiger charge is -2.17. The van der Waals surface area contributed by atoms with Gasteiger partial charge in [-0.05, 0) is 35.9 Å². The smallest absolute Gasteiger partial charge is 0.316 e. The Morgan fingerprint density at radius 3 is 2.52 bits per heavy atom. The van der Waals surface area contributed by atoms with Gasteiger partial charge in [-0.15, -0.1) is 0 Å². The Morgan fingerprint density at radius 2 is 1.95 bits per heavy atom. The molecule has 0 aliphatic heterocycles. The predicted molar refractivity (Wildman–Crippen MR) is 79.7 cm³/mol. The van der Waals surface area contributed by atoms with Crippen molar-refractivity contribution in [2.24, 2.45) is 5.73 Å². The van der Waals surface area contributed by atoms with Gasteiger partial charge in [-0.1, -0.05) is 6.07 Å². The molecule has 0 spiro atoms. The highest BCUT2D eigenvalue weighted by atomic mass is 16.2. The van der Waals surface area contributed by atoms with Gasteiger partial charge in [-0.3, -0.25) is 9.78 Å². The number of nitrogens with zero attached hydrogens (tertiary/aromatic N) is 2. The molecule has 2 aromatic rings. The van der Waals surface area contributed by atoms with E-state index in [0.717, 1.165) is 5.56 Å². The molecule has 1 aromatic carbocycles. The fourth-order valence-electron chi connectivity index (χ4n) is 1.90. The Balaban J connectivity index is 2.03. The summed E-state index contributed by atoms with van der Waals surface area (Å²) < 4.78 is 0. The standard InChI is InChI=1S/C15H16N4O2/c1-19(10-11-3-2-8-17-9-11)14(20)12-4-6-13(7-5-12)18-15(16)21/h2-9H,10H2,1H3,(H3,16,18,21). The van der Waals surface area contributed by atoms with E-state index in [1.54, 1.807) is 48.6 Å². The number of amides is 3. The fraction of sp³-hybridized carbons (Fsp3) is 0.133. The molecule has 0 aliphatic rings. The number of carbonyl (C=O) groups is 2. The zero-order valence-corrected chi connectivity index (χ0v) is 11.6. The van der Waals surface area contributed by atoms with Crippen molar-refractivity contribution >= 4 is 17.6 Å². The van der Waals surface area contributed by atoms with Gasteiger partial charge in [0.1, 0.15) is 0 Å². The number of pyridine rings is 1. The number of anilines is 1. The molecule has 6 nitrogen and oxygen atoms in total. The zero-order valence-electron chi connectivity index (χ0n) is 11.6. The van der Waals surface area contributed by atoms with Crippen LogP contribution in [0.5, 0.6) is 0 Å². The van der Waals surface area contributed by atoms with E-state index < -0.39 is 6.03 Å². The first-order valence-electron chi connectivity index (χ1n) is 6.37. The van der Waals surface area contributed by atoms with Crippen LogP contribution in [0.25, 0.3) is 0 Å². The first-order valence-corrected chi connectivity index (χ1v) is 6.37. The van der Waals surface area contributed by atoms with Gasteiger partial charge in [0.25, 0.3) is 5.91 Å². The minimum absolute atomic E-state index is 0.107. The van der Waals surface area contributed by atoms with E-state index >= 15 is 0 Å². The molecule has 2 rings (SSSR count). The molecule has 0 atom stereocenters. The molecule has 0 bridgehead atoms. The van der Waals surface area contributed by atoms with Crippen molar-refractivity contribution in [3.63, 3.8) is 0 Å². The van der Waals surface area contributed by atoms with Crippen LogP contribution in [0.2, 0.25) is 0 Å². The maximum atomic E-state index is 12.3. The van der Waals surface area contributed by atoms with Gasteiger partial charge in [0.2, 0.25) is 0 Å². The van der Waals surface area contributed by atoms with Gasteiger partial charge in [-0.25, -0.2) is 4.79 Å². The number of hydrogen-bond acceptors (Lipinski definition) is 3. The maximum Gasteiger partial charge on any atom is 0.316 e. The molecule has 21 heavy (non-hydrogen) atoms. The van der Waals surface area contributed by atoms with Crippen molar-refractivity contribution in [2.75, 3.05) is 12.4 Å². The number of hydrogen-bond donors (Lipinski definition) is 2. The van der Waals surface area contributed by atoms with Crippen molar-refractivity contribution in [3.05, 3.63) is 59.9 Å². The minimum atomic E-state index is -0.636. The van der Waals surface area contributed by atoms with Crippen LogP contribution in [0.4, 0.5) is 10.5 Å². The second kappa shape index (κ2) is 6.51. The summed E-state index contributed by atoms with van der Waals surface area (Å²) in [6.45, 7) is 0.480. The normalized spacial score (nSPS) is 9.95. The Kier molecular flexibility index (Phi) is 4.50. The van der Waals surface area contributed by atoms with Crippen molar-refractivity contribution < 1.29 is 9.59 Å². The quantitative estimate of drug-likeness (QED) is 0.898. The highest BCUT2D eigenvalue weighted by molar-refractivity contribution is 5.95. The molecule has 1 aromatic heterocycles. The highest BCUT2D eigenvalue weighted by Gasteiger charge is 2.12. The monoisotopic (exact) mass is 284 g/mol. The molecule has 0 saturated carbocycles. The van der Waals surface area contributed by atoms with Crippen LogP contribution in [-0.4, -0.2) is 28.9 Å². The van der Waals surface area contributed by atoms with Gasteiger partial charge in [-0.2, -0.15) is 0 Å². The molecule has 0 radical (unpaired) electrons. The lowest BCUT2D eigenvalue weighted by Crippen LogP contribution is -2.26. The van der Waals surface area contributed by atoms with Crippen LogP contribution in [-0.2, 0) is 6.54 Å². The summed E-state index contributed by atoms with van der Waals surface area (Å²) >= 11 is 0. The second-order valence-electron chi connectivity index (χ2n) is 4.59. The van der Waals surface area contributed by atoms with E-state index in [2.05, 4.69) is 10.3 Å². The third-order valence-electron chi connectivity index (χ3n) is 2.89. The average Bonchev–Trinajstić information content (AvgIpc) is 2.47. The van der Waals surface area contributed by atoms with Crippen molar-refractivity contribution in [1.82, 2.24) is 9.88 Å². The van der Waals surface area contributed by atoms with E-state index in [0.29, 0.717) is 17.8 Å². The van der Waals surface area contributed by atoms with Gasteiger partial charge < -0.3 is 16.0 Å². The molecule has 0 unspecified atom stereocenters. The van der Waals surface area contributed by atoms with E-state index in [9.17, 15) is 9.59 Å². The number of benzene rings is 1. The fourth-order valence-corrected chi connectivity index (χ4v) is 1.90. The molecular weight excluding hydrogens is 268 g/mol. The van der Waals surface area contributed by atoms with Crippen molar-refractivity contribution in [3.8, 4) is 0 Å². The molecule has 0 fully saturated rings. The number of aromatic nitrogens is 1. The number of carbonyl (C=O) groups excluding carboxylic acids is 2. The molecule has 0 saturated heterocycles. The topological polar surface area (TPSA) is 88.3 Å². The number of nitrogens with one attached hydrogen (secondary N) is 1. The Hall–Kier alpha value is -2.89. The second-order valence-corrected chi connectivity index (χ2v) is 4.59. The summed E-state index contributed by atoms with van der Waals surface area (Å²) in [5, 5.41) is 2.45. The maximum absolute atomic E-state index is 12.3. The largest absolute Gasteiger partial charge is 0.351 e. The summed E-state index contributed by atoms with van der Waals surface area (Å²) in [7, 11) is 1.73. The first-order chi connectivity index (χ1) is 10.1. The van der Waals surface area contributed by atoms with E-state index in [-0.39, 0.29) is 5.91 Å². The molecule has 6 heteroatoms. The molecule has 3 amide bonds. The van der Waals surface area contributed by atoms with E-state index in [4.69, 9.17) is 5.73 Å². The predicted octanol–water partition coefficient (Wildman–Crippen LogP) is 1.84. The van der Waals surface area contributed by atoms with Gasteiger partial charge >= 0.3 is 6.03 Å². The van der Waals surface area contributed by atoms with Crippen LogP contribution >= 0.6 is 0 Å². The van der Waals surface area contributed by atoms with Crippen LogP contribution in [0.15, 0.2) is 48.8 Å². The van der Waals surface area contributed by atoms with Crippen LogP contribution in [0.3, 0.4) is 0 Å². The summed E-state index contributed by atoms with van der Waals surface area (Å²) in [5.41, 5.74) is 7.07. The summed E-state index contributed by atoms with van der Waals surface area (Å²) in [4.78, 5) is 28.6. The lowest BCUT2D eigenvalue weighted by molar-refractivity contribution is 0.0785. The van der Waals surface area contributed by atoms with Gasteiger partial charge in [0, 0.05) is 37.2 Å². The number of nitrogens with two attached hydrogens (primary N) is 1. The van der Waals surface area contributed by atoms with E-state index in [1.807, 2.05) is 12.1 Å². The summed E-state index contributed by atoms with van der Waals surface area (Å²) in [5.74, 6) is -0.107. The average molecular weight is 284 g/mol. The van der Waals surface area contributed by atoms with Crippen LogP contribution in [0.1, 0.15) is 15.9 Å². The zero-order chi connectivity index (χ0) is 15.2. The van der Waals surface area contributed by atoms with Crippen LogP contribution in [0, 0.1) is 0 Å². The van der Waals surface area contributed by atoms with Crippen LogP contribution < -0.4 is 11.1 Å². The molecular formula is C15H16N4O2. The Bertz CT molecular complexity index is 626. The van der Waals surface area contributed by atoms with Crippen molar-refractivity contribution in [2.45, 2.75) is 6.54 Å². The SMILES string of the molecule is CN(Cc1cccnc1)C(=O)c1ccc(NC(N)=O)cc1. The third kappa shape index (κ3) is 4.04. The third-order valence-corrected chi connectivity index (χ3v) is 2.89. The Labute approximate surface area is 122 Å². The highest BCUT2D eigenvalue weighted by Crippen LogP contribution is 2.12. The van der Waals surface area contributed by atoms with E-state index in [1.165, 1.54) is 0 Å². The number of rotatable bonds is 4. The Morgan fingerprint density at radius 1 is 1.24 bits per heavy atom. The molecule has 3 N–H and O–H groups in total. The lowest BCUT2D eigenvalue weighted by atomic mass is 10.1. The molecule has 0 aliphatic carbocycles. The molecule has 108 valence electrons. The van der Waals surface area contributed by atoms with Crippen molar-refractivity contribution in [1.29, 1.82) is 0 Å². The molecule has 1 heterocycles. The first kappa shape index (κ1) is 14.5. The number of primary amides is 1. The van der Waals surface area contributed by atoms with Gasteiger partial charge in [0.05, 0.1) is 0 Å². The number of urea groups is 1. The summed E-state index contributed by atoms with van der Waals surface area (Å²) in [6.07, 6.45) is 3.42. The van der Waals surface area contributed by atoms with Gasteiger partial charge in [0.15, 0.2) is 0 Å².